The summed E-state index contributed by atoms with van der Waals surface area (Å²) in [6.45, 7) is 0. The van der Waals surface area contributed by atoms with E-state index in [2.05, 4.69) is 10.5 Å². The van der Waals surface area contributed by atoms with Crippen LogP contribution >= 0.6 is 0 Å². The monoisotopic (exact) mass is 252 g/mol. The summed E-state index contributed by atoms with van der Waals surface area (Å²) in [6, 6.07) is 5.34. The molecule has 1 aliphatic heterocycles. The summed E-state index contributed by atoms with van der Waals surface area (Å²) in [5, 5.41) is 14.3. The van der Waals surface area contributed by atoms with Gasteiger partial charge in [-0.2, -0.15) is 0 Å². The van der Waals surface area contributed by atoms with Gasteiger partial charge in [0.15, 0.2) is 5.71 Å². The van der Waals surface area contributed by atoms with Crippen molar-refractivity contribution in [2.75, 3.05) is 5.32 Å². The highest BCUT2D eigenvalue weighted by molar-refractivity contribution is 6.36. The van der Waals surface area contributed by atoms with Crippen LogP contribution in [0.4, 0.5) is 10.1 Å². The van der Waals surface area contributed by atoms with Gasteiger partial charge in [0.25, 0.3) is 5.91 Å². The van der Waals surface area contributed by atoms with Crippen LogP contribution in [-0.4, -0.2) is 28.8 Å². The fourth-order valence-electron chi connectivity index (χ4n) is 1.43. The molecular weight excluding hydrogens is 243 g/mol. The summed E-state index contributed by atoms with van der Waals surface area (Å²) < 4.78 is 12.9. The number of halogens is 1. The zero-order chi connectivity index (χ0) is 13.1. The summed E-state index contributed by atoms with van der Waals surface area (Å²) in [5.74, 6) is -2.28. The quantitative estimate of drug-likeness (QED) is 0.839. The lowest BCUT2D eigenvalue weighted by Crippen LogP contribution is -2.28. The van der Waals surface area contributed by atoms with E-state index in [0.29, 0.717) is 0 Å². The van der Waals surface area contributed by atoms with Crippen molar-refractivity contribution in [3.8, 4) is 0 Å². The van der Waals surface area contributed by atoms with Crippen LogP contribution in [0.25, 0.3) is 0 Å². The molecule has 1 unspecified atom stereocenters. The Hall–Kier alpha value is -2.44. The number of aliphatic carboxylic acids is 1. The fraction of sp³-hybridized carbons (Fsp3) is 0.182. The van der Waals surface area contributed by atoms with Gasteiger partial charge in [0, 0.05) is 12.1 Å². The van der Waals surface area contributed by atoms with Crippen LogP contribution in [-0.2, 0) is 14.4 Å². The molecule has 1 aromatic rings. The first-order valence-electron chi connectivity index (χ1n) is 5.08. The second kappa shape index (κ2) is 4.82. The van der Waals surface area contributed by atoms with Gasteiger partial charge < -0.3 is 15.3 Å². The summed E-state index contributed by atoms with van der Waals surface area (Å²) in [4.78, 5) is 26.9. The van der Waals surface area contributed by atoms with Crippen LogP contribution in [0.1, 0.15) is 6.42 Å². The minimum atomic E-state index is -1.23. The van der Waals surface area contributed by atoms with Gasteiger partial charge in [0.1, 0.15) is 5.82 Å². The van der Waals surface area contributed by atoms with E-state index in [1.807, 2.05) is 0 Å². The minimum Gasteiger partial charge on any atom is -0.477 e. The molecule has 1 aromatic carbocycles. The van der Waals surface area contributed by atoms with Gasteiger partial charge in [-0.15, -0.1) is 0 Å². The average Bonchev–Trinajstić information content (AvgIpc) is 2.78. The van der Waals surface area contributed by atoms with Crippen molar-refractivity contribution in [2.24, 2.45) is 5.16 Å². The van der Waals surface area contributed by atoms with E-state index in [9.17, 15) is 14.0 Å². The Bertz CT molecular complexity index is 530. The number of anilines is 1. The first-order valence-corrected chi connectivity index (χ1v) is 5.08. The minimum absolute atomic E-state index is 0.115. The zero-order valence-electron chi connectivity index (χ0n) is 9.09. The smallest absolute Gasteiger partial charge is 0.353 e. The molecule has 1 atom stereocenters. The molecule has 0 bridgehead atoms. The topological polar surface area (TPSA) is 88.0 Å². The lowest BCUT2D eigenvalue weighted by Gasteiger charge is -2.09. The van der Waals surface area contributed by atoms with Gasteiger partial charge in [-0.3, -0.25) is 4.79 Å². The molecular formula is C11H9FN2O4. The molecule has 7 heteroatoms. The van der Waals surface area contributed by atoms with Crippen LogP contribution in [0.5, 0.6) is 0 Å². The van der Waals surface area contributed by atoms with E-state index >= 15 is 0 Å². The number of hydrogen-bond donors (Lipinski definition) is 2. The van der Waals surface area contributed by atoms with Gasteiger partial charge in [-0.25, -0.2) is 9.18 Å². The average molecular weight is 252 g/mol. The third kappa shape index (κ3) is 2.62. The van der Waals surface area contributed by atoms with E-state index in [4.69, 9.17) is 9.94 Å². The van der Waals surface area contributed by atoms with Gasteiger partial charge in [-0.1, -0.05) is 11.2 Å². The van der Waals surface area contributed by atoms with E-state index in [0.717, 1.165) is 6.07 Å². The SMILES string of the molecule is O=C(O)C1=NOC(C(=O)Nc2cccc(F)c2)C1. The summed E-state index contributed by atoms with van der Waals surface area (Å²) in [5.41, 5.74) is 0.0572. The number of carbonyl (C=O) groups is 2. The molecule has 1 aliphatic rings. The molecule has 18 heavy (non-hydrogen) atoms. The molecule has 94 valence electrons. The highest BCUT2D eigenvalue weighted by atomic mass is 19.1. The molecule has 0 aliphatic carbocycles. The molecule has 0 fully saturated rings. The number of hydrogen-bond acceptors (Lipinski definition) is 4. The summed E-state index contributed by atoms with van der Waals surface area (Å²) in [6.07, 6.45) is -1.12. The Balaban J connectivity index is 1.96. The molecule has 2 N–H and O–H groups in total. The van der Waals surface area contributed by atoms with E-state index in [1.165, 1.54) is 18.2 Å². The van der Waals surface area contributed by atoms with Gasteiger partial charge in [0.05, 0.1) is 0 Å². The fourth-order valence-corrected chi connectivity index (χ4v) is 1.43. The van der Waals surface area contributed by atoms with E-state index < -0.39 is 23.8 Å². The number of amides is 1. The molecule has 0 saturated heterocycles. The van der Waals surface area contributed by atoms with E-state index in [-0.39, 0.29) is 17.8 Å². The maximum absolute atomic E-state index is 12.9. The number of oxime groups is 1. The second-order valence-electron chi connectivity index (χ2n) is 3.64. The Kier molecular flexibility index (Phi) is 3.22. The van der Waals surface area contributed by atoms with Crippen LogP contribution in [0, 0.1) is 5.82 Å². The van der Waals surface area contributed by atoms with Crippen LogP contribution in [0.3, 0.4) is 0 Å². The Morgan fingerprint density at radius 1 is 1.50 bits per heavy atom. The molecule has 0 radical (unpaired) electrons. The maximum Gasteiger partial charge on any atom is 0.353 e. The first-order chi connectivity index (χ1) is 8.56. The largest absolute Gasteiger partial charge is 0.477 e. The number of nitrogens with zero attached hydrogens (tertiary/aromatic N) is 1. The van der Waals surface area contributed by atoms with Gasteiger partial charge in [0.2, 0.25) is 6.10 Å². The Labute approximate surface area is 101 Å². The summed E-state index contributed by atoms with van der Waals surface area (Å²) >= 11 is 0. The maximum atomic E-state index is 12.9. The van der Waals surface area contributed by atoms with Gasteiger partial charge in [-0.05, 0) is 18.2 Å². The van der Waals surface area contributed by atoms with Crippen molar-refractivity contribution in [2.45, 2.75) is 12.5 Å². The Morgan fingerprint density at radius 3 is 2.89 bits per heavy atom. The Morgan fingerprint density at radius 2 is 2.28 bits per heavy atom. The normalized spacial score (nSPS) is 17.8. The van der Waals surface area contributed by atoms with Crippen LogP contribution in [0.15, 0.2) is 29.4 Å². The highest BCUT2D eigenvalue weighted by Crippen LogP contribution is 2.15. The zero-order valence-corrected chi connectivity index (χ0v) is 9.09. The van der Waals surface area contributed by atoms with Crippen molar-refractivity contribution in [3.63, 3.8) is 0 Å². The number of carboxylic acid groups (broad SMARTS) is 1. The van der Waals surface area contributed by atoms with Crippen molar-refractivity contribution in [1.29, 1.82) is 0 Å². The molecule has 6 nitrogen and oxygen atoms in total. The van der Waals surface area contributed by atoms with Gasteiger partial charge >= 0.3 is 5.97 Å². The lowest BCUT2D eigenvalue weighted by molar-refractivity contribution is -0.129. The van der Waals surface area contributed by atoms with Crippen LogP contribution < -0.4 is 5.32 Å². The lowest BCUT2D eigenvalue weighted by atomic mass is 10.1. The third-order valence-electron chi connectivity index (χ3n) is 2.30. The molecule has 0 saturated carbocycles. The van der Waals surface area contributed by atoms with E-state index in [1.54, 1.807) is 0 Å². The number of nitrogens with one attached hydrogen (secondary N) is 1. The highest BCUT2D eigenvalue weighted by Gasteiger charge is 2.31. The molecule has 0 spiro atoms. The molecule has 1 heterocycles. The first kappa shape index (κ1) is 12.0. The number of benzene rings is 1. The number of rotatable bonds is 3. The van der Waals surface area contributed by atoms with Crippen LogP contribution in [0.2, 0.25) is 0 Å². The van der Waals surface area contributed by atoms with Crippen molar-refractivity contribution in [1.82, 2.24) is 0 Å². The molecule has 2 rings (SSSR count). The third-order valence-corrected chi connectivity index (χ3v) is 2.30. The molecule has 1 amide bonds. The second-order valence-corrected chi connectivity index (χ2v) is 3.64. The molecule has 0 aromatic heterocycles. The van der Waals surface area contributed by atoms with Crippen molar-refractivity contribution >= 4 is 23.3 Å². The predicted molar refractivity (Wildman–Crippen MR) is 59.6 cm³/mol. The number of carboxylic acids is 1. The predicted octanol–water partition coefficient (Wildman–Crippen LogP) is 0.994. The standard InChI is InChI=1S/C11H9FN2O4/c12-6-2-1-3-7(4-6)13-10(15)9-5-8(11(16)17)14-18-9/h1-4,9H,5H2,(H,13,15)(H,16,17). The summed E-state index contributed by atoms with van der Waals surface area (Å²) in [7, 11) is 0. The van der Waals surface area contributed by atoms with Crippen molar-refractivity contribution in [3.05, 3.63) is 30.1 Å². The number of carbonyl (C=O) groups excluding carboxylic acids is 1. The van der Waals surface area contributed by atoms with Crippen molar-refractivity contribution < 1.29 is 23.9 Å².